The third kappa shape index (κ3) is 2.96. The summed E-state index contributed by atoms with van der Waals surface area (Å²) in [5.41, 5.74) is 1.88. The van der Waals surface area contributed by atoms with Gasteiger partial charge in [-0.2, -0.15) is 0 Å². The number of ether oxygens (including phenoxy) is 1. The van der Waals surface area contributed by atoms with Gasteiger partial charge in [-0.15, -0.1) is 0 Å². The van der Waals surface area contributed by atoms with Gasteiger partial charge in [0.2, 0.25) is 0 Å². The van der Waals surface area contributed by atoms with Crippen LogP contribution in [0.1, 0.15) is 31.2 Å². The van der Waals surface area contributed by atoms with Gasteiger partial charge in [-0.1, -0.05) is 42.3 Å². The van der Waals surface area contributed by atoms with Gasteiger partial charge in [-0.3, -0.25) is 0 Å². The van der Waals surface area contributed by atoms with Gasteiger partial charge >= 0.3 is 5.97 Å². The topological polar surface area (TPSA) is 26.3 Å². The molecule has 0 aliphatic heterocycles. The van der Waals surface area contributed by atoms with E-state index in [2.05, 4.69) is 6.92 Å². The van der Waals surface area contributed by atoms with Gasteiger partial charge in [0.15, 0.2) is 0 Å². The first-order chi connectivity index (χ1) is 9.04. The van der Waals surface area contributed by atoms with Gasteiger partial charge in [-0.05, 0) is 42.4 Å². The lowest BCUT2D eigenvalue weighted by molar-refractivity contribution is -0.136. The average molecular weight is 299 g/mol. The van der Waals surface area contributed by atoms with Crippen LogP contribution in [0.3, 0.4) is 0 Å². The average Bonchev–Trinajstić information content (AvgIpc) is 2.41. The minimum atomic E-state index is -0.239. The standard InChI is InChI=1S/C15H16Cl2O2/c1-9-11(4-3-5-12(9)15(18)19-2)10-6-7-13(16)14(17)8-10/h5-9,11H,3-4H2,1-2H3. The summed E-state index contributed by atoms with van der Waals surface area (Å²) < 4.78 is 4.83. The monoisotopic (exact) mass is 298 g/mol. The molecule has 0 N–H and O–H groups in total. The molecule has 2 rings (SSSR count). The quantitative estimate of drug-likeness (QED) is 0.746. The number of carbonyl (C=O) groups excluding carboxylic acids is 1. The molecule has 1 aliphatic rings. The number of hydrogen-bond acceptors (Lipinski definition) is 2. The molecule has 2 nitrogen and oxygen atoms in total. The zero-order chi connectivity index (χ0) is 14.0. The maximum atomic E-state index is 11.7. The molecule has 0 radical (unpaired) electrons. The number of esters is 1. The van der Waals surface area contributed by atoms with E-state index in [1.54, 1.807) is 0 Å². The summed E-state index contributed by atoms with van der Waals surface area (Å²) in [6, 6.07) is 5.68. The molecule has 19 heavy (non-hydrogen) atoms. The van der Waals surface area contributed by atoms with Crippen LogP contribution in [-0.4, -0.2) is 13.1 Å². The van der Waals surface area contributed by atoms with Crippen molar-refractivity contribution in [2.45, 2.75) is 25.7 Å². The molecule has 0 saturated carbocycles. The largest absolute Gasteiger partial charge is 0.466 e. The number of benzene rings is 1. The maximum absolute atomic E-state index is 11.7. The molecule has 4 heteroatoms. The van der Waals surface area contributed by atoms with Crippen LogP contribution in [0, 0.1) is 5.92 Å². The second-order valence-electron chi connectivity index (χ2n) is 4.80. The van der Waals surface area contributed by atoms with Crippen molar-refractivity contribution in [1.82, 2.24) is 0 Å². The van der Waals surface area contributed by atoms with Crippen LogP contribution in [0.25, 0.3) is 0 Å². The van der Waals surface area contributed by atoms with Gasteiger partial charge in [0, 0.05) is 5.57 Å². The van der Waals surface area contributed by atoms with Gasteiger partial charge in [-0.25, -0.2) is 4.79 Å². The fraction of sp³-hybridized carbons (Fsp3) is 0.400. The number of allylic oxidation sites excluding steroid dienone is 1. The van der Waals surface area contributed by atoms with E-state index in [9.17, 15) is 4.79 Å². The van der Waals surface area contributed by atoms with Crippen molar-refractivity contribution in [3.05, 3.63) is 45.5 Å². The molecular weight excluding hydrogens is 283 g/mol. The summed E-state index contributed by atoms with van der Waals surface area (Å²) >= 11 is 12.0. The van der Waals surface area contributed by atoms with Gasteiger partial charge < -0.3 is 4.74 Å². The lowest BCUT2D eigenvalue weighted by Gasteiger charge is -2.29. The van der Waals surface area contributed by atoms with Gasteiger partial charge in [0.1, 0.15) is 0 Å². The Kier molecular flexibility index (Phi) is 4.54. The highest BCUT2D eigenvalue weighted by atomic mass is 35.5. The van der Waals surface area contributed by atoms with Crippen molar-refractivity contribution >= 4 is 29.2 Å². The fourth-order valence-corrected chi connectivity index (χ4v) is 2.96. The molecule has 102 valence electrons. The third-order valence-corrected chi connectivity index (χ3v) is 4.47. The highest BCUT2D eigenvalue weighted by molar-refractivity contribution is 6.42. The van der Waals surface area contributed by atoms with E-state index in [1.807, 2.05) is 24.3 Å². The number of carbonyl (C=O) groups is 1. The smallest absolute Gasteiger partial charge is 0.333 e. The Morgan fingerprint density at radius 1 is 1.32 bits per heavy atom. The Labute approximate surface area is 123 Å². The molecular formula is C15H16Cl2O2. The van der Waals surface area contributed by atoms with E-state index < -0.39 is 0 Å². The van der Waals surface area contributed by atoms with Crippen LogP contribution in [0.15, 0.2) is 29.8 Å². The zero-order valence-corrected chi connectivity index (χ0v) is 12.5. The van der Waals surface area contributed by atoms with Crippen molar-refractivity contribution in [3.63, 3.8) is 0 Å². The van der Waals surface area contributed by atoms with Crippen molar-refractivity contribution in [3.8, 4) is 0 Å². The minimum Gasteiger partial charge on any atom is -0.466 e. The van der Waals surface area contributed by atoms with E-state index in [1.165, 1.54) is 7.11 Å². The van der Waals surface area contributed by atoms with Crippen LogP contribution >= 0.6 is 23.2 Å². The molecule has 0 heterocycles. The van der Waals surface area contributed by atoms with E-state index in [-0.39, 0.29) is 17.8 Å². The van der Waals surface area contributed by atoms with E-state index >= 15 is 0 Å². The molecule has 0 bridgehead atoms. The fourth-order valence-electron chi connectivity index (χ4n) is 2.66. The first-order valence-electron chi connectivity index (χ1n) is 6.28. The molecule has 2 atom stereocenters. The Morgan fingerprint density at radius 2 is 2.05 bits per heavy atom. The third-order valence-electron chi connectivity index (χ3n) is 3.73. The molecule has 0 amide bonds. The lowest BCUT2D eigenvalue weighted by atomic mass is 9.76. The number of halogens is 2. The molecule has 2 unspecified atom stereocenters. The molecule has 1 aromatic carbocycles. The maximum Gasteiger partial charge on any atom is 0.333 e. The number of hydrogen-bond donors (Lipinski definition) is 0. The van der Waals surface area contributed by atoms with Crippen LogP contribution in [0.5, 0.6) is 0 Å². The van der Waals surface area contributed by atoms with Crippen molar-refractivity contribution in [1.29, 1.82) is 0 Å². The summed E-state index contributed by atoms with van der Waals surface area (Å²) in [4.78, 5) is 11.7. The number of rotatable bonds is 2. The highest BCUT2D eigenvalue weighted by Crippen LogP contribution is 2.39. The second-order valence-corrected chi connectivity index (χ2v) is 5.61. The Morgan fingerprint density at radius 3 is 2.68 bits per heavy atom. The summed E-state index contributed by atoms with van der Waals surface area (Å²) in [5, 5.41) is 1.11. The van der Waals surface area contributed by atoms with E-state index in [0.29, 0.717) is 10.0 Å². The van der Waals surface area contributed by atoms with Gasteiger partial charge in [0.25, 0.3) is 0 Å². The minimum absolute atomic E-state index is 0.124. The molecule has 0 aromatic heterocycles. The first-order valence-corrected chi connectivity index (χ1v) is 7.03. The molecule has 1 aromatic rings. The highest BCUT2D eigenvalue weighted by Gasteiger charge is 2.29. The molecule has 1 aliphatic carbocycles. The molecule has 0 saturated heterocycles. The molecule has 0 fully saturated rings. The summed E-state index contributed by atoms with van der Waals surface area (Å²) in [6.45, 7) is 2.05. The van der Waals surface area contributed by atoms with Crippen LogP contribution in [0.2, 0.25) is 10.0 Å². The zero-order valence-electron chi connectivity index (χ0n) is 11.0. The van der Waals surface area contributed by atoms with Crippen LogP contribution in [0.4, 0.5) is 0 Å². The van der Waals surface area contributed by atoms with E-state index in [0.717, 1.165) is 24.0 Å². The van der Waals surface area contributed by atoms with Crippen molar-refractivity contribution in [2.24, 2.45) is 5.92 Å². The number of methoxy groups -OCH3 is 1. The lowest BCUT2D eigenvalue weighted by Crippen LogP contribution is -2.22. The predicted octanol–water partition coefficient (Wildman–Crippen LogP) is 4.61. The second kappa shape index (κ2) is 5.98. The molecule has 0 spiro atoms. The summed E-state index contributed by atoms with van der Waals surface area (Å²) in [5.74, 6) is 0.157. The normalized spacial score (nSPS) is 22.8. The van der Waals surface area contributed by atoms with Crippen LogP contribution in [-0.2, 0) is 9.53 Å². The summed E-state index contributed by atoms with van der Waals surface area (Å²) in [7, 11) is 1.42. The Balaban J connectivity index is 2.29. The summed E-state index contributed by atoms with van der Waals surface area (Å²) in [6.07, 6.45) is 3.85. The Bertz CT molecular complexity index is 523. The Hall–Kier alpha value is -0.990. The van der Waals surface area contributed by atoms with Gasteiger partial charge in [0.05, 0.1) is 17.2 Å². The van der Waals surface area contributed by atoms with Crippen molar-refractivity contribution < 1.29 is 9.53 Å². The van der Waals surface area contributed by atoms with Crippen LogP contribution < -0.4 is 0 Å². The van der Waals surface area contributed by atoms with E-state index in [4.69, 9.17) is 27.9 Å². The van der Waals surface area contributed by atoms with Crippen molar-refractivity contribution in [2.75, 3.05) is 7.11 Å². The predicted molar refractivity (Wildman–Crippen MR) is 77.7 cm³/mol. The SMILES string of the molecule is COC(=O)C1=CCCC(c2ccc(Cl)c(Cl)c2)C1C. The first kappa shape index (κ1) is 14.4.